The van der Waals surface area contributed by atoms with Crippen LogP contribution in [0.3, 0.4) is 0 Å². The summed E-state index contributed by atoms with van der Waals surface area (Å²) in [5.74, 6) is -0.324. The highest BCUT2D eigenvalue weighted by Gasteiger charge is 2.51. The highest BCUT2D eigenvalue weighted by Crippen LogP contribution is 2.36. The molecule has 1 aromatic carbocycles. The van der Waals surface area contributed by atoms with Gasteiger partial charge in [0.15, 0.2) is 0 Å². The summed E-state index contributed by atoms with van der Waals surface area (Å²) in [7, 11) is -0.528. The minimum Gasteiger partial charge on any atom is -0.421 e. The van der Waals surface area contributed by atoms with Crippen molar-refractivity contribution in [2.75, 3.05) is 5.32 Å². The maximum absolute atomic E-state index is 12.0. The van der Waals surface area contributed by atoms with E-state index in [4.69, 9.17) is 13.7 Å². The molecule has 6 nitrogen and oxygen atoms in total. The van der Waals surface area contributed by atoms with Crippen LogP contribution in [0.1, 0.15) is 34.6 Å². The Hall–Kier alpha value is -2.12. The van der Waals surface area contributed by atoms with E-state index >= 15 is 0 Å². The summed E-state index contributed by atoms with van der Waals surface area (Å²) in [6.07, 6.45) is 0. The molecule has 1 aliphatic heterocycles. The number of amides is 1. The summed E-state index contributed by atoms with van der Waals surface area (Å²) >= 11 is 0. The summed E-state index contributed by atoms with van der Waals surface area (Å²) in [6.45, 7) is 9.26. The Morgan fingerprint density at radius 3 is 2.29 bits per heavy atom. The Labute approximate surface area is 140 Å². The number of hydrogen-bond acceptors (Lipinski definition) is 5. The first kappa shape index (κ1) is 16.7. The SMILES string of the molecule is CC(=O)Nc1cc2ccc(B3OC(C)(C)C(C)(C)O3)cc2oc1=O. The highest BCUT2D eigenvalue weighted by atomic mass is 16.7. The summed E-state index contributed by atoms with van der Waals surface area (Å²) in [5, 5.41) is 3.17. The second-order valence-electron chi connectivity index (χ2n) is 7.01. The van der Waals surface area contributed by atoms with E-state index in [1.807, 2.05) is 39.8 Å². The third-order valence-corrected chi connectivity index (χ3v) is 4.60. The van der Waals surface area contributed by atoms with Gasteiger partial charge >= 0.3 is 12.7 Å². The molecule has 1 saturated heterocycles. The van der Waals surface area contributed by atoms with Gasteiger partial charge < -0.3 is 19.0 Å². The number of anilines is 1. The molecule has 2 heterocycles. The molecule has 0 atom stereocenters. The molecule has 0 bridgehead atoms. The lowest BCUT2D eigenvalue weighted by atomic mass is 9.79. The third-order valence-electron chi connectivity index (χ3n) is 4.60. The van der Waals surface area contributed by atoms with Gasteiger partial charge in [-0.2, -0.15) is 0 Å². The van der Waals surface area contributed by atoms with Crippen LogP contribution in [-0.2, 0) is 14.1 Å². The Morgan fingerprint density at radius 2 is 1.71 bits per heavy atom. The van der Waals surface area contributed by atoms with Gasteiger partial charge in [0.2, 0.25) is 5.91 Å². The van der Waals surface area contributed by atoms with Crippen molar-refractivity contribution in [2.45, 2.75) is 45.8 Å². The largest absolute Gasteiger partial charge is 0.494 e. The van der Waals surface area contributed by atoms with Crippen LogP contribution in [0.4, 0.5) is 5.69 Å². The molecule has 0 saturated carbocycles. The van der Waals surface area contributed by atoms with Crippen LogP contribution in [0.2, 0.25) is 0 Å². The Morgan fingerprint density at radius 1 is 1.08 bits per heavy atom. The fraction of sp³-hybridized carbons (Fsp3) is 0.412. The van der Waals surface area contributed by atoms with Crippen LogP contribution in [0, 0.1) is 0 Å². The fourth-order valence-corrected chi connectivity index (χ4v) is 2.53. The van der Waals surface area contributed by atoms with Crippen LogP contribution in [0.25, 0.3) is 11.0 Å². The molecular weight excluding hydrogens is 309 g/mol. The van der Waals surface area contributed by atoms with Crippen molar-refractivity contribution < 1.29 is 18.5 Å². The maximum Gasteiger partial charge on any atom is 0.494 e. The second-order valence-corrected chi connectivity index (χ2v) is 7.01. The Bertz CT molecular complexity index is 855. The van der Waals surface area contributed by atoms with Gasteiger partial charge in [-0.05, 0) is 45.3 Å². The first-order valence-electron chi connectivity index (χ1n) is 7.80. The van der Waals surface area contributed by atoms with Gasteiger partial charge in [0.05, 0.1) is 11.2 Å². The van der Waals surface area contributed by atoms with Crippen molar-refractivity contribution in [3.63, 3.8) is 0 Å². The zero-order chi connectivity index (χ0) is 17.7. The summed E-state index contributed by atoms with van der Waals surface area (Å²) in [5.41, 5.74) is -0.161. The van der Waals surface area contributed by atoms with E-state index in [0.717, 1.165) is 5.46 Å². The quantitative estimate of drug-likeness (QED) is 0.674. The molecule has 1 N–H and O–H groups in total. The second kappa shape index (κ2) is 5.46. The zero-order valence-electron chi connectivity index (χ0n) is 14.4. The van der Waals surface area contributed by atoms with Gasteiger partial charge in [-0.25, -0.2) is 4.79 Å². The van der Waals surface area contributed by atoms with E-state index in [1.54, 1.807) is 12.1 Å². The predicted octanol–water partition coefficient (Wildman–Crippen LogP) is 2.05. The number of benzene rings is 1. The number of hydrogen-bond donors (Lipinski definition) is 1. The minimum absolute atomic E-state index is 0.124. The van der Waals surface area contributed by atoms with Gasteiger partial charge in [0.25, 0.3) is 0 Å². The molecule has 0 unspecified atom stereocenters. The van der Waals surface area contributed by atoms with Crippen molar-refractivity contribution >= 4 is 35.1 Å². The molecule has 0 radical (unpaired) electrons. The zero-order valence-corrected chi connectivity index (χ0v) is 14.4. The van der Waals surface area contributed by atoms with Crippen molar-refractivity contribution in [3.8, 4) is 0 Å². The smallest absolute Gasteiger partial charge is 0.421 e. The maximum atomic E-state index is 12.0. The molecule has 1 aromatic heterocycles. The first-order chi connectivity index (χ1) is 11.1. The molecule has 0 spiro atoms. The molecule has 1 aliphatic rings. The van der Waals surface area contributed by atoms with E-state index < -0.39 is 23.9 Å². The van der Waals surface area contributed by atoms with Gasteiger partial charge in [0, 0.05) is 12.3 Å². The fourth-order valence-electron chi connectivity index (χ4n) is 2.53. The average molecular weight is 329 g/mol. The van der Waals surface area contributed by atoms with Gasteiger partial charge in [-0.15, -0.1) is 0 Å². The minimum atomic E-state index is -0.594. The number of nitrogens with one attached hydrogen (secondary N) is 1. The lowest BCUT2D eigenvalue weighted by molar-refractivity contribution is -0.114. The highest BCUT2D eigenvalue weighted by molar-refractivity contribution is 6.62. The molecule has 7 heteroatoms. The summed E-state index contributed by atoms with van der Waals surface area (Å²) in [6, 6.07) is 7.00. The monoisotopic (exact) mass is 329 g/mol. The van der Waals surface area contributed by atoms with Crippen LogP contribution in [0.5, 0.6) is 0 Å². The lowest BCUT2D eigenvalue weighted by Gasteiger charge is -2.32. The van der Waals surface area contributed by atoms with E-state index in [2.05, 4.69) is 5.32 Å². The standard InChI is InChI=1S/C17H20BNO5/c1-10(20)19-13-8-11-6-7-12(9-14(11)22-15(13)21)18-23-16(2,3)17(4,5)24-18/h6-9H,1-5H3,(H,19,20). The van der Waals surface area contributed by atoms with Crippen molar-refractivity contribution in [1.29, 1.82) is 0 Å². The van der Waals surface area contributed by atoms with Crippen LogP contribution in [0.15, 0.2) is 33.5 Å². The van der Waals surface area contributed by atoms with Crippen molar-refractivity contribution in [1.82, 2.24) is 0 Å². The third kappa shape index (κ3) is 2.85. The molecule has 0 aliphatic carbocycles. The van der Waals surface area contributed by atoms with Gasteiger partial charge in [-0.1, -0.05) is 12.1 Å². The van der Waals surface area contributed by atoms with E-state index in [9.17, 15) is 9.59 Å². The van der Waals surface area contributed by atoms with Crippen molar-refractivity contribution in [3.05, 3.63) is 34.7 Å². The van der Waals surface area contributed by atoms with E-state index in [0.29, 0.717) is 11.0 Å². The Balaban J connectivity index is 1.98. The van der Waals surface area contributed by atoms with E-state index in [1.165, 1.54) is 6.92 Å². The van der Waals surface area contributed by atoms with Crippen molar-refractivity contribution in [2.24, 2.45) is 0 Å². The van der Waals surface area contributed by atoms with Gasteiger partial charge in [-0.3, -0.25) is 4.79 Å². The van der Waals surface area contributed by atoms with Crippen LogP contribution in [-0.4, -0.2) is 24.2 Å². The normalized spacial score (nSPS) is 18.8. The number of carbonyl (C=O) groups is 1. The molecular formula is C17H20BNO5. The molecule has 3 rings (SSSR count). The number of fused-ring (bicyclic) bond motifs is 1. The molecule has 2 aromatic rings. The predicted molar refractivity (Wildman–Crippen MR) is 92.5 cm³/mol. The summed E-state index contributed by atoms with van der Waals surface area (Å²) in [4.78, 5) is 23.1. The first-order valence-corrected chi connectivity index (χ1v) is 7.80. The van der Waals surface area contributed by atoms with Crippen LogP contribution >= 0.6 is 0 Å². The van der Waals surface area contributed by atoms with Crippen LogP contribution < -0.4 is 16.4 Å². The van der Waals surface area contributed by atoms with E-state index in [-0.39, 0.29) is 11.6 Å². The number of rotatable bonds is 2. The average Bonchev–Trinajstić information content (AvgIpc) is 2.67. The van der Waals surface area contributed by atoms with Gasteiger partial charge in [0.1, 0.15) is 11.3 Å². The lowest BCUT2D eigenvalue weighted by Crippen LogP contribution is -2.41. The molecule has 1 amide bonds. The Kier molecular flexibility index (Phi) is 3.81. The summed E-state index contributed by atoms with van der Waals surface area (Å²) < 4.78 is 17.3. The topological polar surface area (TPSA) is 77.8 Å². The number of carbonyl (C=O) groups excluding carboxylic acids is 1. The molecule has 1 fully saturated rings. The molecule has 126 valence electrons. The molecule has 24 heavy (non-hydrogen) atoms.